The molecule has 2 aliphatic rings. The number of nitrogens with one attached hydrogen (secondary N) is 1. The second-order valence-electron chi connectivity index (χ2n) is 6.52. The molecule has 2 heterocycles. The van der Waals surface area contributed by atoms with Gasteiger partial charge in [-0.2, -0.15) is 0 Å². The zero-order chi connectivity index (χ0) is 17.0. The van der Waals surface area contributed by atoms with Crippen molar-refractivity contribution < 1.29 is 19.4 Å². The summed E-state index contributed by atoms with van der Waals surface area (Å²) < 4.78 is 11.4. The van der Waals surface area contributed by atoms with Crippen LogP contribution in [0.4, 0.5) is 0 Å². The first kappa shape index (κ1) is 17.2. The molecule has 24 heavy (non-hydrogen) atoms. The lowest BCUT2D eigenvalue weighted by molar-refractivity contribution is -0.124. The van der Waals surface area contributed by atoms with Crippen molar-refractivity contribution in [1.82, 2.24) is 10.2 Å². The third-order valence-corrected chi connectivity index (χ3v) is 4.88. The van der Waals surface area contributed by atoms with Gasteiger partial charge in [0.25, 0.3) is 5.91 Å². The molecule has 0 aliphatic carbocycles. The molecule has 2 atom stereocenters. The fraction of sp³-hybridized carbons (Fsp3) is 0.611. The Balaban J connectivity index is 1.63. The average molecular weight is 334 g/mol. The fourth-order valence-corrected chi connectivity index (χ4v) is 3.48. The van der Waals surface area contributed by atoms with Crippen LogP contribution in [-0.4, -0.2) is 67.5 Å². The smallest absolute Gasteiger partial charge is 0.253 e. The zero-order valence-corrected chi connectivity index (χ0v) is 14.2. The van der Waals surface area contributed by atoms with E-state index in [1.807, 2.05) is 19.2 Å². The van der Waals surface area contributed by atoms with Gasteiger partial charge in [-0.15, -0.1) is 0 Å². The molecule has 2 aliphatic heterocycles. The van der Waals surface area contributed by atoms with Gasteiger partial charge in [-0.05, 0) is 50.6 Å². The van der Waals surface area contributed by atoms with Crippen LogP contribution in [0.3, 0.4) is 0 Å². The van der Waals surface area contributed by atoms with Crippen LogP contribution in [0.2, 0.25) is 0 Å². The van der Waals surface area contributed by atoms with Crippen molar-refractivity contribution in [3.05, 3.63) is 29.8 Å². The van der Waals surface area contributed by atoms with Gasteiger partial charge >= 0.3 is 0 Å². The largest absolute Gasteiger partial charge is 0.492 e. The lowest BCUT2D eigenvalue weighted by Crippen LogP contribution is -2.57. The summed E-state index contributed by atoms with van der Waals surface area (Å²) in [6.45, 7) is 3.06. The predicted octanol–water partition coefficient (Wildman–Crippen LogP) is 1.04. The van der Waals surface area contributed by atoms with Crippen LogP contribution in [0.5, 0.6) is 5.75 Å². The number of likely N-dealkylation sites (tertiary alicyclic amines) is 1. The number of carbonyl (C=O) groups is 1. The van der Waals surface area contributed by atoms with Crippen LogP contribution in [0, 0.1) is 0 Å². The molecule has 6 nitrogen and oxygen atoms in total. The summed E-state index contributed by atoms with van der Waals surface area (Å²) in [7, 11) is 1.88. The summed E-state index contributed by atoms with van der Waals surface area (Å²) in [5.74, 6) is 0.741. The molecule has 6 heteroatoms. The number of amides is 1. The van der Waals surface area contributed by atoms with E-state index < -0.39 is 11.7 Å². The van der Waals surface area contributed by atoms with Crippen molar-refractivity contribution >= 4 is 5.91 Å². The number of piperidine rings is 1. The number of aliphatic hydroxyl groups is 1. The number of carbonyl (C=O) groups excluding carboxylic acids is 1. The van der Waals surface area contributed by atoms with Crippen LogP contribution < -0.4 is 10.1 Å². The number of aliphatic hydroxyl groups excluding tert-OH is 1. The summed E-state index contributed by atoms with van der Waals surface area (Å²) in [6, 6.07) is 7.24. The Kier molecular flexibility index (Phi) is 5.38. The Morgan fingerprint density at radius 2 is 2.25 bits per heavy atom. The Bertz CT molecular complexity index is 555. The number of nitrogens with zero attached hydrogens (tertiary/aromatic N) is 1. The molecule has 2 saturated heterocycles. The van der Waals surface area contributed by atoms with E-state index in [4.69, 9.17) is 9.47 Å². The van der Waals surface area contributed by atoms with Gasteiger partial charge < -0.3 is 24.8 Å². The van der Waals surface area contributed by atoms with Crippen molar-refractivity contribution in [3.63, 3.8) is 0 Å². The highest BCUT2D eigenvalue weighted by Gasteiger charge is 2.47. The molecule has 1 aromatic rings. The van der Waals surface area contributed by atoms with Gasteiger partial charge in [0.1, 0.15) is 18.0 Å². The van der Waals surface area contributed by atoms with E-state index in [0.29, 0.717) is 38.3 Å². The standard InChI is InChI=1S/C18H26N2O4/c1-19-9-12-23-15-5-3-14(4-6-15)17(22)20-10-7-16(21)18(13-20)8-2-11-24-18/h3-6,16,19,21H,2,7-13H2,1H3/t16-,18-/m0/s1. The third-order valence-electron chi connectivity index (χ3n) is 4.88. The molecular weight excluding hydrogens is 308 g/mol. The highest BCUT2D eigenvalue weighted by Crippen LogP contribution is 2.35. The van der Waals surface area contributed by atoms with Gasteiger partial charge in [0, 0.05) is 25.3 Å². The second kappa shape index (κ2) is 7.51. The van der Waals surface area contributed by atoms with E-state index in [9.17, 15) is 9.90 Å². The molecule has 0 radical (unpaired) electrons. The van der Waals surface area contributed by atoms with E-state index >= 15 is 0 Å². The molecule has 2 N–H and O–H groups in total. The molecule has 0 unspecified atom stereocenters. The lowest BCUT2D eigenvalue weighted by Gasteiger charge is -2.43. The minimum atomic E-state index is -0.565. The monoisotopic (exact) mass is 334 g/mol. The highest BCUT2D eigenvalue weighted by molar-refractivity contribution is 5.94. The number of benzene rings is 1. The summed E-state index contributed by atoms with van der Waals surface area (Å²) in [5, 5.41) is 13.3. The van der Waals surface area contributed by atoms with Gasteiger partial charge in [0.05, 0.1) is 12.6 Å². The zero-order valence-electron chi connectivity index (χ0n) is 14.2. The molecule has 132 valence electrons. The summed E-state index contributed by atoms with van der Waals surface area (Å²) in [4.78, 5) is 14.6. The minimum Gasteiger partial charge on any atom is -0.492 e. The molecule has 2 fully saturated rings. The molecule has 3 rings (SSSR count). The van der Waals surface area contributed by atoms with E-state index in [-0.39, 0.29) is 5.91 Å². The second-order valence-corrected chi connectivity index (χ2v) is 6.52. The fourth-order valence-electron chi connectivity index (χ4n) is 3.48. The Labute approximate surface area is 142 Å². The van der Waals surface area contributed by atoms with E-state index in [2.05, 4.69) is 5.32 Å². The Hall–Kier alpha value is -1.63. The van der Waals surface area contributed by atoms with E-state index in [0.717, 1.165) is 25.1 Å². The summed E-state index contributed by atoms with van der Waals surface area (Å²) >= 11 is 0. The van der Waals surface area contributed by atoms with Crippen molar-refractivity contribution in [2.75, 3.05) is 39.9 Å². The third kappa shape index (κ3) is 3.55. The number of hydrogen-bond acceptors (Lipinski definition) is 5. The molecule has 1 aromatic carbocycles. The minimum absolute atomic E-state index is 0.0152. The van der Waals surface area contributed by atoms with Crippen molar-refractivity contribution in [3.8, 4) is 5.75 Å². The molecule has 1 amide bonds. The van der Waals surface area contributed by atoms with Crippen LogP contribution in [0.1, 0.15) is 29.6 Å². The Morgan fingerprint density at radius 1 is 1.46 bits per heavy atom. The first-order valence-electron chi connectivity index (χ1n) is 8.63. The summed E-state index contributed by atoms with van der Waals surface area (Å²) in [5.41, 5.74) is 0.0740. The van der Waals surface area contributed by atoms with Crippen LogP contribution in [0.25, 0.3) is 0 Å². The topological polar surface area (TPSA) is 71.0 Å². The van der Waals surface area contributed by atoms with Crippen molar-refractivity contribution in [2.45, 2.75) is 31.0 Å². The highest BCUT2D eigenvalue weighted by atomic mass is 16.5. The molecule has 0 aromatic heterocycles. The normalized spacial score (nSPS) is 26.8. The van der Waals surface area contributed by atoms with Crippen molar-refractivity contribution in [1.29, 1.82) is 0 Å². The van der Waals surface area contributed by atoms with Gasteiger partial charge in [0.2, 0.25) is 0 Å². The first-order valence-corrected chi connectivity index (χ1v) is 8.63. The van der Waals surface area contributed by atoms with Crippen molar-refractivity contribution in [2.24, 2.45) is 0 Å². The molecule has 0 saturated carbocycles. The maximum Gasteiger partial charge on any atom is 0.253 e. The number of ether oxygens (including phenoxy) is 2. The molecule has 0 bridgehead atoms. The van der Waals surface area contributed by atoms with Gasteiger partial charge in [-0.25, -0.2) is 0 Å². The number of rotatable bonds is 5. The number of hydrogen-bond donors (Lipinski definition) is 2. The molecular formula is C18H26N2O4. The van der Waals surface area contributed by atoms with Gasteiger partial charge in [-0.1, -0.05) is 0 Å². The van der Waals surface area contributed by atoms with Crippen LogP contribution in [0.15, 0.2) is 24.3 Å². The van der Waals surface area contributed by atoms with E-state index in [1.165, 1.54) is 0 Å². The summed E-state index contributed by atoms with van der Waals surface area (Å²) in [6.07, 6.45) is 1.84. The van der Waals surface area contributed by atoms with Crippen LogP contribution >= 0.6 is 0 Å². The predicted molar refractivity (Wildman–Crippen MR) is 90.3 cm³/mol. The lowest BCUT2D eigenvalue weighted by atomic mass is 9.87. The molecule has 1 spiro atoms. The van der Waals surface area contributed by atoms with E-state index in [1.54, 1.807) is 17.0 Å². The maximum absolute atomic E-state index is 12.8. The van der Waals surface area contributed by atoms with Crippen LogP contribution in [-0.2, 0) is 4.74 Å². The number of likely N-dealkylation sites (N-methyl/N-ethyl adjacent to an activating group) is 1. The average Bonchev–Trinajstić information content (AvgIpc) is 3.07. The SMILES string of the molecule is CNCCOc1ccc(C(=O)N2CC[C@H](O)[C@]3(CCCO3)C2)cc1. The van der Waals surface area contributed by atoms with Gasteiger partial charge in [0.15, 0.2) is 0 Å². The quantitative estimate of drug-likeness (QED) is 0.788. The maximum atomic E-state index is 12.8. The first-order chi connectivity index (χ1) is 11.6. The van der Waals surface area contributed by atoms with Gasteiger partial charge in [-0.3, -0.25) is 4.79 Å². The Morgan fingerprint density at radius 3 is 2.92 bits per heavy atom.